The van der Waals surface area contributed by atoms with Crippen molar-refractivity contribution < 1.29 is 19.1 Å². The number of nitrogens with zero attached hydrogens (tertiary/aromatic N) is 5. The minimum absolute atomic E-state index is 0.0411. The van der Waals surface area contributed by atoms with E-state index in [4.69, 9.17) is 14.5 Å². The molecule has 0 bridgehead atoms. The van der Waals surface area contributed by atoms with E-state index < -0.39 is 6.09 Å². The van der Waals surface area contributed by atoms with Gasteiger partial charge < -0.3 is 19.3 Å². The number of carbonyl (C=O) groups excluding carboxylic acids is 2. The Labute approximate surface area is 205 Å². The SMILES string of the molecule is COCC1COC(=O)N1c1ccc(C(=O)N2CCN(c3ncc(C4CC4)cc3C3CC3)CC2)cn1. The van der Waals surface area contributed by atoms with Gasteiger partial charge in [0.1, 0.15) is 18.2 Å². The second-order valence-electron chi connectivity index (χ2n) is 9.97. The van der Waals surface area contributed by atoms with Gasteiger partial charge in [-0.2, -0.15) is 0 Å². The third kappa shape index (κ3) is 4.45. The molecule has 0 spiro atoms. The van der Waals surface area contributed by atoms with Crippen LogP contribution in [0.25, 0.3) is 0 Å². The fourth-order valence-corrected chi connectivity index (χ4v) is 5.11. The lowest BCUT2D eigenvalue weighted by Gasteiger charge is -2.36. The number of hydrogen-bond acceptors (Lipinski definition) is 7. The van der Waals surface area contributed by atoms with Crippen LogP contribution in [-0.4, -0.2) is 79.4 Å². The number of pyridine rings is 2. The molecule has 2 saturated carbocycles. The van der Waals surface area contributed by atoms with Crippen molar-refractivity contribution in [3.63, 3.8) is 0 Å². The predicted octanol–water partition coefficient (Wildman–Crippen LogP) is 3.17. The largest absolute Gasteiger partial charge is 0.447 e. The molecule has 4 heterocycles. The molecule has 2 amide bonds. The number of piperazine rings is 1. The van der Waals surface area contributed by atoms with Gasteiger partial charge in [-0.05, 0) is 60.8 Å². The van der Waals surface area contributed by atoms with Gasteiger partial charge in [-0.3, -0.25) is 9.69 Å². The van der Waals surface area contributed by atoms with Gasteiger partial charge >= 0.3 is 6.09 Å². The molecule has 2 aromatic rings. The van der Waals surface area contributed by atoms with Gasteiger partial charge in [0, 0.05) is 45.7 Å². The summed E-state index contributed by atoms with van der Waals surface area (Å²) in [6, 6.07) is 5.61. The second-order valence-corrected chi connectivity index (χ2v) is 9.97. The van der Waals surface area contributed by atoms with E-state index in [0.29, 0.717) is 42.9 Å². The smallest absolute Gasteiger partial charge is 0.416 e. The Morgan fingerprint density at radius 2 is 1.83 bits per heavy atom. The number of methoxy groups -OCH3 is 1. The minimum Gasteiger partial charge on any atom is -0.447 e. The van der Waals surface area contributed by atoms with Crippen LogP contribution in [0.3, 0.4) is 0 Å². The fraction of sp³-hybridized carbons (Fsp3) is 0.538. The van der Waals surface area contributed by atoms with Crippen molar-refractivity contribution in [3.05, 3.63) is 47.3 Å². The van der Waals surface area contributed by atoms with Crippen molar-refractivity contribution in [3.8, 4) is 0 Å². The van der Waals surface area contributed by atoms with Crippen molar-refractivity contribution in [2.24, 2.45) is 0 Å². The highest BCUT2D eigenvalue weighted by molar-refractivity contribution is 5.95. The van der Waals surface area contributed by atoms with Crippen LogP contribution in [0.15, 0.2) is 30.6 Å². The highest BCUT2D eigenvalue weighted by Gasteiger charge is 2.36. The Hall–Kier alpha value is -3.20. The highest BCUT2D eigenvalue weighted by Crippen LogP contribution is 2.47. The van der Waals surface area contributed by atoms with Crippen LogP contribution in [0.5, 0.6) is 0 Å². The average Bonchev–Trinajstić information content (AvgIpc) is 3.82. The molecule has 1 unspecified atom stereocenters. The fourth-order valence-electron chi connectivity index (χ4n) is 5.11. The maximum Gasteiger partial charge on any atom is 0.416 e. The van der Waals surface area contributed by atoms with Gasteiger partial charge in [-0.25, -0.2) is 14.8 Å². The molecule has 2 aromatic heterocycles. The molecular weight excluding hydrogens is 446 g/mol. The molecule has 0 N–H and O–H groups in total. The van der Waals surface area contributed by atoms with Crippen molar-refractivity contribution in [1.29, 1.82) is 0 Å². The van der Waals surface area contributed by atoms with Gasteiger partial charge in [0.2, 0.25) is 0 Å². The van der Waals surface area contributed by atoms with Crippen LogP contribution in [0, 0.1) is 0 Å². The van der Waals surface area contributed by atoms with E-state index in [1.165, 1.54) is 41.7 Å². The topological polar surface area (TPSA) is 88.1 Å². The predicted molar refractivity (Wildman–Crippen MR) is 130 cm³/mol. The molecule has 184 valence electrons. The van der Waals surface area contributed by atoms with Gasteiger partial charge in [0.15, 0.2) is 0 Å². The Morgan fingerprint density at radius 3 is 2.49 bits per heavy atom. The summed E-state index contributed by atoms with van der Waals surface area (Å²) in [7, 11) is 1.59. The Morgan fingerprint density at radius 1 is 1.06 bits per heavy atom. The van der Waals surface area contributed by atoms with Gasteiger partial charge in [0.05, 0.1) is 18.2 Å². The van der Waals surface area contributed by atoms with Crippen LogP contribution < -0.4 is 9.80 Å². The van der Waals surface area contributed by atoms with Crippen molar-refractivity contribution in [1.82, 2.24) is 14.9 Å². The number of ether oxygens (including phenoxy) is 2. The molecule has 0 radical (unpaired) electrons. The summed E-state index contributed by atoms with van der Waals surface area (Å²) in [4.78, 5) is 40.2. The average molecular weight is 478 g/mol. The molecule has 2 saturated heterocycles. The maximum absolute atomic E-state index is 13.1. The number of rotatable bonds is 7. The summed E-state index contributed by atoms with van der Waals surface area (Å²) in [6.07, 6.45) is 8.26. The lowest BCUT2D eigenvalue weighted by molar-refractivity contribution is 0.0746. The summed E-state index contributed by atoms with van der Waals surface area (Å²) >= 11 is 0. The molecule has 9 nitrogen and oxygen atoms in total. The van der Waals surface area contributed by atoms with E-state index in [2.05, 4.69) is 22.1 Å². The quantitative estimate of drug-likeness (QED) is 0.605. The van der Waals surface area contributed by atoms with E-state index in [-0.39, 0.29) is 18.6 Å². The highest BCUT2D eigenvalue weighted by atomic mass is 16.6. The molecule has 9 heteroatoms. The zero-order valence-corrected chi connectivity index (χ0v) is 20.1. The summed E-state index contributed by atoms with van der Waals surface area (Å²) in [6.45, 7) is 3.45. The van der Waals surface area contributed by atoms with Crippen LogP contribution >= 0.6 is 0 Å². The first-order chi connectivity index (χ1) is 17.1. The third-order valence-electron chi connectivity index (χ3n) is 7.41. The number of hydrogen-bond donors (Lipinski definition) is 0. The number of cyclic esters (lactones) is 1. The number of anilines is 2. The zero-order chi connectivity index (χ0) is 23.9. The van der Waals surface area contributed by atoms with Crippen molar-refractivity contribution >= 4 is 23.6 Å². The first-order valence-electron chi connectivity index (χ1n) is 12.6. The van der Waals surface area contributed by atoms with Crippen LogP contribution in [0.1, 0.15) is 59.0 Å². The summed E-state index contributed by atoms with van der Waals surface area (Å²) in [5.74, 6) is 2.89. The molecule has 2 aliphatic heterocycles. The van der Waals surface area contributed by atoms with Crippen molar-refractivity contribution in [2.45, 2.75) is 43.6 Å². The van der Waals surface area contributed by atoms with Crippen LogP contribution in [0.2, 0.25) is 0 Å². The Kier molecular flexibility index (Phi) is 5.80. The minimum atomic E-state index is -0.445. The first-order valence-corrected chi connectivity index (χ1v) is 12.6. The summed E-state index contributed by atoms with van der Waals surface area (Å²) in [5, 5.41) is 0. The van der Waals surface area contributed by atoms with Crippen LogP contribution in [-0.2, 0) is 9.47 Å². The lowest BCUT2D eigenvalue weighted by atomic mass is 10.1. The molecule has 0 aromatic carbocycles. The number of aromatic nitrogens is 2. The van der Waals surface area contributed by atoms with Crippen molar-refractivity contribution in [2.75, 3.05) is 56.3 Å². The Balaban J connectivity index is 1.10. The number of carbonyl (C=O) groups is 2. The lowest BCUT2D eigenvalue weighted by Crippen LogP contribution is -2.49. The van der Waals surface area contributed by atoms with E-state index >= 15 is 0 Å². The van der Waals surface area contributed by atoms with Crippen LogP contribution in [0.4, 0.5) is 16.4 Å². The molecule has 4 aliphatic rings. The van der Waals surface area contributed by atoms with E-state index in [0.717, 1.165) is 18.9 Å². The molecule has 6 rings (SSSR count). The standard InChI is InChI=1S/C26H31N5O4/c1-34-15-21-16-35-26(33)31(21)23-7-6-19(13-27-23)25(32)30-10-8-29(9-11-30)24-22(18-4-5-18)12-20(14-28-24)17-2-3-17/h6-7,12-14,17-18,21H,2-5,8-11,15-16H2,1H3. The van der Waals surface area contributed by atoms with Gasteiger partial charge in [0.25, 0.3) is 5.91 Å². The summed E-state index contributed by atoms with van der Waals surface area (Å²) < 4.78 is 10.3. The molecule has 1 atom stereocenters. The molecule has 4 fully saturated rings. The Bertz CT molecular complexity index is 1110. The number of amides is 2. The monoisotopic (exact) mass is 477 g/mol. The maximum atomic E-state index is 13.1. The molecule has 2 aliphatic carbocycles. The first kappa shape index (κ1) is 22.3. The normalized spacial score (nSPS) is 22.5. The van der Waals surface area contributed by atoms with Gasteiger partial charge in [-0.1, -0.05) is 6.07 Å². The zero-order valence-electron chi connectivity index (χ0n) is 20.1. The van der Waals surface area contributed by atoms with E-state index in [1.54, 1.807) is 25.4 Å². The molecular formula is C26H31N5O4. The van der Waals surface area contributed by atoms with Gasteiger partial charge in [-0.15, -0.1) is 0 Å². The third-order valence-corrected chi connectivity index (χ3v) is 7.41. The van der Waals surface area contributed by atoms with E-state index in [1.807, 2.05) is 4.90 Å². The van der Waals surface area contributed by atoms with E-state index in [9.17, 15) is 9.59 Å². The molecule has 35 heavy (non-hydrogen) atoms. The summed E-state index contributed by atoms with van der Waals surface area (Å²) in [5.41, 5.74) is 3.32. The second kappa shape index (κ2) is 9.11.